The van der Waals surface area contributed by atoms with E-state index >= 15 is 0 Å². The molecule has 0 spiro atoms. The molecule has 4 heteroatoms. The molecule has 0 aromatic carbocycles. The molecular weight excluding hydrogens is 226 g/mol. The molecule has 0 radical (unpaired) electrons. The zero-order valence-corrected chi connectivity index (χ0v) is 10.8. The van der Waals surface area contributed by atoms with Crippen molar-refractivity contribution in [2.75, 3.05) is 6.54 Å². The fourth-order valence-corrected chi connectivity index (χ4v) is 2.84. The van der Waals surface area contributed by atoms with Gasteiger partial charge in [-0.25, -0.2) is 4.98 Å². The topological polar surface area (TPSA) is 46.9 Å². The van der Waals surface area contributed by atoms with E-state index in [-0.39, 0.29) is 11.8 Å². The number of amides is 1. The fourth-order valence-electron chi connectivity index (χ4n) is 2.84. The summed E-state index contributed by atoms with van der Waals surface area (Å²) in [6.45, 7) is 1.58. The lowest BCUT2D eigenvalue weighted by molar-refractivity contribution is -0.124. The first-order chi connectivity index (χ1) is 8.84. The molecule has 0 aliphatic heterocycles. The number of imidazole rings is 1. The Labute approximate surface area is 108 Å². The maximum absolute atomic E-state index is 11.9. The minimum Gasteiger partial charge on any atom is -0.354 e. The van der Waals surface area contributed by atoms with E-state index in [9.17, 15) is 4.79 Å². The lowest BCUT2D eigenvalue weighted by Crippen LogP contribution is -2.32. The lowest BCUT2D eigenvalue weighted by Gasteiger charge is -2.11. The molecule has 2 saturated carbocycles. The van der Waals surface area contributed by atoms with Gasteiger partial charge in [-0.3, -0.25) is 4.79 Å². The van der Waals surface area contributed by atoms with Crippen molar-refractivity contribution in [3.8, 4) is 0 Å². The quantitative estimate of drug-likeness (QED) is 0.865. The van der Waals surface area contributed by atoms with Gasteiger partial charge in [0.05, 0.1) is 0 Å². The van der Waals surface area contributed by atoms with Gasteiger partial charge in [0.25, 0.3) is 0 Å². The first kappa shape index (κ1) is 11.8. The van der Waals surface area contributed by atoms with Crippen molar-refractivity contribution >= 4 is 5.91 Å². The van der Waals surface area contributed by atoms with Crippen molar-refractivity contribution in [1.29, 1.82) is 0 Å². The van der Waals surface area contributed by atoms with E-state index in [1.807, 2.05) is 12.4 Å². The summed E-state index contributed by atoms with van der Waals surface area (Å²) in [5.41, 5.74) is 0. The van der Waals surface area contributed by atoms with Crippen LogP contribution in [0.5, 0.6) is 0 Å². The Balaban J connectivity index is 1.46. The lowest BCUT2D eigenvalue weighted by atomic mass is 10.1. The van der Waals surface area contributed by atoms with Crippen LogP contribution in [0.2, 0.25) is 0 Å². The minimum absolute atomic E-state index is 0.251. The molecule has 1 heterocycles. The van der Waals surface area contributed by atoms with E-state index in [0.717, 1.165) is 25.9 Å². The Morgan fingerprint density at radius 3 is 2.83 bits per heavy atom. The van der Waals surface area contributed by atoms with Crippen LogP contribution >= 0.6 is 0 Å². The van der Waals surface area contributed by atoms with E-state index < -0.39 is 0 Å². The molecule has 3 rings (SSSR count). The standard InChI is InChI=1S/C14H21N3O/c18-14(12-3-1-2-4-12)16-8-10-17-9-7-15-13(17)11-5-6-11/h7,9,11-12H,1-6,8,10H2,(H,16,18). The number of carbonyl (C=O) groups excluding carboxylic acids is 1. The highest BCUT2D eigenvalue weighted by Crippen LogP contribution is 2.38. The molecule has 4 nitrogen and oxygen atoms in total. The van der Waals surface area contributed by atoms with Crippen molar-refractivity contribution in [3.05, 3.63) is 18.2 Å². The fraction of sp³-hybridized carbons (Fsp3) is 0.714. The van der Waals surface area contributed by atoms with Crippen molar-refractivity contribution in [2.24, 2.45) is 5.92 Å². The number of nitrogens with one attached hydrogen (secondary N) is 1. The predicted molar refractivity (Wildman–Crippen MR) is 69.2 cm³/mol. The monoisotopic (exact) mass is 247 g/mol. The van der Waals surface area contributed by atoms with Crippen LogP contribution in [0.15, 0.2) is 12.4 Å². The van der Waals surface area contributed by atoms with E-state index in [0.29, 0.717) is 5.92 Å². The normalized spacial score (nSPS) is 20.2. The van der Waals surface area contributed by atoms with Gasteiger partial charge in [-0.15, -0.1) is 0 Å². The highest BCUT2D eigenvalue weighted by Gasteiger charge is 2.27. The summed E-state index contributed by atoms with van der Waals surface area (Å²) in [5.74, 6) is 2.40. The second kappa shape index (κ2) is 5.12. The summed E-state index contributed by atoms with van der Waals surface area (Å²) in [6, 6.07) is 0. The molecule has 0 saturated heterocycles. The van der Waals surface area contributed by atoms with Gasteiger partial charge in [0.15, 0.2) is 0 Å². The van der Waals surface area contributed by atoms with Gasteiger partial charge in [-0.2, -0.15) is 0 Å². The molecule has 98 valence electrons. The van der Waals surface area contributed by atoms with Crippen LogP contribution < -0.4 is 5.32 Å². The SMILES string of the molecule is O=C(NCCn1ccnc1C1CC1)C1CCCC1. The second-order valence-corrected chi connectivity index (χ2v) is 5.53. The van der Waals surface area contributed by atoms with E-state index in [1.165, 1.54) is 31.5 Å². The highest BCUT2D eigenvalue weighted by molar-refractivity contribution is 5.78. The number of hydrogen-bond donors (Lipinski definition) is 1. The first-order valence-electron chi connectivity index (χ1n) is 7.13. The molecule has 0 unspecified atom stereocenters. The summed E-state index contributed by atoms with van der Waals surface area (Å²) in [6.07, 6.45) is 11.0. The smallest absolute Gasteiger partial charge is 0.223 e. The van der Waals surface area contributed by atoms with Crippen LogP contribution in [0.4, 0.5) is 0 Å². The molecule has 1 amide bonds. The van der Waals surface area contributed by atoms with Crippen molar-refractivity contribution in [3.63, 3.8) is 0 Å². The average molecular weight is 247 g/mol. The zero-order chi connectivity index (χ0) is 12.4. The molecule has 18 heavy (non-hydrogen) atoms. The third-order valence-corrected chi connectivity index (χ3v) is 4.07. The van der Waals surface area contributed by atoms with Crippen molar-refractivity contribution < 1.29 is 4.79 Å². The molecule has 0 bridgehead atoms. The van der Waals surface area contributed by atoms with Crippen LogP contribution in [0.25, 0.3) is 0 Å². The number of rotatable bonds is 5. The Kier molecular flexibility index (Phi) is 3.35. The first-order valence-corrected chi connectivity index (χ1v) is 7.13. The Hall–Kier alpha value is -1.32. The Bertz CT molecular complexity index is 416. The van der Waals surface area contributed by atoms with Gasteiger partial charge in [0.1, 0.15) is 5.82 Å². The Morgan fingerprint density at radius 1 is 1.33 bits per heavy atom. The number of hydrogen-bond acceptors (Lipinski definition) is 2. The van der Waals surface area contributed by atoms with Gasteiger partial charge in [-0.1, -0.05) is 12.8 Å². The molecule has 2 aliphatic rings. The van der Waals surface area contributed by atoms with Gasteiger partial charge in [0, 0.05) is 37.3 Å². The minimum atomic E-state index is 0.251. The summed E-state index contributed by atoms with van der Waals surface area (Å²) in [4.78, 5) is 16.3. The number of aromatic nitrogens is 2. The van der Waals surface area contributed by atoms with E-state index in [1.54, 1.807) is 0 Å². The third kappa shape index (κ3) is 2.57. The average Bonchev–Trinajstić information content (AvgIpc) is 2.92. The third-order valence-electron chi connectivity index (χ3n) is 4.07. The molecule has 1 N–H and O–H groups in total. The largest absolute Gasteiger partial charge is 0.354 e. The number of nitrogens with zero attached hydrogens (tertiary/aromatic N) is 2. The summed E-state index contributed by atoms with van der Waals surface area (Å²) in [5, 5.41) is 3.06. The van der Waals surface area contributed by atoms with Crippen LogP contribution in [0, 0.1) is 5.92 Å². The van der Waals surface area contributed by atoms with Gasteiger partial charge < -0.3 is 9.88 Å². The van der Waals surface area contributed by atoms with E-state index in [4.69, 9.17) is 0 Å². The molecule has 1 aromatic rings. The van der Waals surface area contributed by atoms with Gasteiger partial charge >= 0.3 is 0 Å². The maximum Gasteiger partial charge on any atom is 0.223 e. The predicted octanol–water partition coefficient (Wildman–Crippen LogP) is 2.07. The van der Waals surface area contributed by atoms with E-state index in [2.05, 4.69) is 14.9 Å². The zero-order valence-electron chi connectivity index (χ0n) is 10.8. The van der Waals surface area contributed by atoms with Crippen LogP contribution in [0.3, 0.4) is 0 Å². The number of carbonyl (C=O) groups is 1. The molecule has 0 atom stereocenters. The molecule has 1 aromatic heterocycles. The molecule has 2 aliphatic carbocycles. The molecular formula is C14H21N3O. The molecule has 2 fully saturated rings. The van der Waals surface area contributed by atoms with Gasteiger partial charge in [0.2, 0.25) is 5.91 Å². The van der Waals surface area contributed by atoms with Crippen molar-refractivity contribution in [2.45, 2.75) is 51.0 Å². The van der Waals surface area contributed by atoms with Crippen molar-refractivity contribution in [1.82, 2.24) is 14.9 Å². The van der Waals surface area contributed by atoms with Crippen LogP contribution in [-0.4, -0.2) is 22.0 Å². The second-order valence-electron chi connectivity index (χ2n) is 5.53. The Morgan fingerprint density at radius 2 is 2.11 bits per heavy atom. The highest BCUT2D eigenvalue weighted by atomic mass is 16.1. The van der Waals surface area contributed by atoms with Crippen LogP contribution in [0.1, 0.15) is 50.3 Å². The van der Waals surface area contributed by atoms with Gasteiger partial charge in [-0.05, 0) is 25.7 Å². The summed E-state index contributed by atoms with van der Waals surface area (Å²) in [7, 11) is 0. The maximum atomic E-state index is 11.9. The summed E-state index contributed by atoms with van der Waals surface area (Å²) < 4.78 is 2.19. The van der Waals surface area contributed by atoms with Crippen LogP contribution in [-0.2, 0) is 11.3 Å². The summed E-state index contributed by atoms with van der Waals surface area (Å²) >= 11 is 0.